The molecule has 0 aromatic heterocycles. The van der Waals surface area contributed by atoms with Crippen LogP contribution in [0.4, 0.5) is 10.1 Å². The number of ether oxygens (including phenoxy) is 2. The lowest BCUT2D eigenvalue weighted by molar-refractivity contribution is 0.397. The third-order valence-corrected chi connectivity index (χ3v) is 2.72. The fraction of sp³-hybridized carbons (Fsp3) is 0.143. The van der Waals surface area contributed by atoms with Crippen LogP contribution in [0.1, 0.15) is 0 Å². The summed E-state index contributed by atoms with van der Waals surface area (Å²) in [4.78, 5) is 0. The third kappa shape index (κ3) is 2.09. The van der Waals surface area contributed by atoms with Crippen molar-refractivity contribution in [1.82, 2.24) is 0 Å². The summed E-state index contributed by atoms with van der Waals surface area (Å²) in [5.41, 5.74) is 6.96. The van der Waals surface area contributed by atoms with E-state index < -0.39 is 5.82 Å². The maximum absolute atomic E-state index is 13.5. The van der Waals surface area contributed by atoms with E-state index in [1.165, 1.54) is 12.1 Å². The Hall–Kier alpha value is -2.23. The second kappa shape index (κ2) is 4.96. The number of hydrogen-bond donors (Lipinski definition) is 1. The maximum Gasteiger partial charge on any atom is 0.146 e. The van der Waals surface area contributed by atoms with E-state index in [0.29, 0.717) is 22.6 Å². The number of nitrogen functional groups attached to an aromatic ring is 1. The van der Waals surface area contributed by atoms with Gasteiger partial charge in [-0.15, -0.1) is 0 Å². The zero-order chi connectivity index (χ0) is 13.1. The normalized spacial score (nSPS) is 10.2. The second-order valence-corrected chi connectivity index (χ2v) is 3.77. The van der Waals surface area contributed by atoms with Gasteiger partial charge in [-0.3, -0.25) is 0 Å². The van der Waals surface area contributed by atoms with Gasteiger partial charge in [0.15, 0.2) is 0 Å². The Labute approximate surface area is 105 Å². The first kappa shape index (κ1) is 12.2. The molecule has 0 saturated heterocycles. The predicted molar refractivity (Wildman–Crippen MR) is 69.4 cm³/mol. The maximum atomic E-state index is 13.5. The molecule has 0 fully saturated rings. The lowest BCUT2D eigenvalue weighted by Crippen LogP contribution is -1.95. The predicted octanol–water partition coefficient (Wildman–Crippen LogP) is 3.09. The van der Waals surface area contributed by atoms with Gasteiger partial charge in [0.2, 0.25) is 0 Å². The Bertz CT molecular complexity index is 547. The minimum atomic E-state index is -0.458. The molecule has 18 heavy (non-hydrogen) atoms. The van der Waals surface area contributed by atoms with Crippen molar-refractivity contribution in [1.29, 1.82) is 0 Å². The lowest BCUT2D eigenvalue weighted by atomic mass is 10.0. The molecule has 0 bridgehead atoms. The molecule has 0 saturated carbocycles. The van der Waals surface area contributed by atoms with Crippen LogP contribution in [0.15, 0.2) is 36.4 Å². The first-order chi connectivity index (χ1) is 8.67. The van der Waals surface area contributed by atoms with E-state index in [1.807, 2.05) is 6.07 Å². The Morgan fingerprint density at radius 1 is 1.00 bits per heavy atom. The molecule has 0 amide bonds. The van der Waals surface area contributed by atoms with Crippen molar-refractivity contribution in [2.75, 3.05) is 20.0 Å². The van der Waals surface area contributed by atoms with Crippen LogP contribution >= 0.6 is 0 Å². The standard InChI is InChI=1S/C14H14FNO2/c1-17-12-4-3-5-13(18-2)14(12)9-6-7-11(16)10(15)8-9/h3-8H,16H2,1-2H3. The number of halogens is 1. The zero-order valence-electron chi connectivity index (χ0n) is 10.2. The molecule has 2 N–H and O–H groups in total. The van der Waals surface area contributed by atoms with E-state index >= 15 is 0 Å². The van der Waals surface area contributed by atoms with Gasteiger partial charge in [0, 0.05) is 0 Å². The van der Waals surface area contributed by atoms with Crippen molar-refractivity contribution < 1.29 is 13.9 Å². The molecule has 4 heteroatoms. The second-order valence-electron chi connectivity index (χ2n) is 3.77. The minimum Gasteiger partial charge on any atom is -0.496 e. The van der Waals surface area contributed by atoms with E-state index in [4.69, 9.17) is 15.2 Å². The average Bonchev–Trinajstić information content (AvgIpc) is 2.41. The van der Waals surface area contributed by atoms with Gasteiger partial charge in [-0.2, -0.15) is 0 Å². The van der Waals surface area contributed by atoms with Gasteiger partial charge in [0.1, 0.15) is 17.3 Å². The first-order valence-electron chi connectivity index (χ1n) is 5.43. The van der Waals surface area contributed by atoms with Crippen molar-refractivity contribution in [3.8, 4) is 22.6 Å². The van der Waals surface area contributed by atoms with Gasteiger partial charge < -0.3 is 15.2 Å². The summed E-state index contributed by atoms with van der Waals surface area (Å²) in [6, 6.07) is 10.0. The molecule has 2 aromatic carbocycles. The summed E-state index contributed by atoms with van der Waals surface area (Å²) in [5, 5.41) is 0. The quantitative estimate of drug-likeness (QED) is 0.848. The van der Waals surface area contributed by atoms with Crippen LogP contribution < -0.4 is 15.2 Å². The highest BCUT2D eigenvalue weighted by Crippen LogP contribution is 2.38. The number of hydrogen-bond acceptors (Lipinski definition) is 3. The van der Waals surface area contributed by atoms with Gasteiger partial charge in [-0.05, 0) is 29.8 Å². The lowest BCUT2D eigenvalue weighted by Gasteiger charge is -2.13. The van der Waals surface area contributed by atoms with Gasteiger partial charge in [-0.1, -0.05) is 12.1 Å². The summed E-state index contributed by atoms with van der Waals surface area (Å²) in [6.07, 6.45) is 0. The van der Waals surface area contributed by atoms with Crippen molar-refractivity contribution >= 4 is 5.69 Å². The molecule has 2 aromatic rings. The summed E-state index contributed by atoms with van der Waals surface area (Å²) in [5.74, 6) is 0.789. The van der Waals surface area contributed by atoms with Crippen molar-refractivity contribution in [2.24, 2.45) is 0 Å². The van der Waals surface area contributed by atoms with Gasteiger partial charge in [0.05, 0.1) is 25.5 Å². The Balaban J connectivity index is 2.64. The van der Waals surface area contributed by atoms with E-state index in [0.717, 1.165) is 0 Å². The topological polar surface area (TPSA) is 44.5 Å². The SMILES string of the molecule is COc1cccc(OC)c1-c1ccc(N)c(F)c1. The van der Waals surface area contributed by atoms with Crippen molar-refractivity contribution in [2.45, 2.75) is 0 Å². The number of nitrogens with two attached hydrogens (primary N) is 1. The smallest absolute Gasteiger partial charge is 0.146 e. The van der Waals surface area contributed by atoms with Crippen LogP contribution in [0.2, 0.25) is 0 Å². The largest absolute Gasteiger partial charge is 0.496 e. The van der Waals surface area contributed by atoms with Crippen LogP contribution in [0.5, 0.6) is 11.5 Å². The van der Waals surface area contributed by atoms with Crippen LogP contribution in [-0.4, -0.2) is 14.2 Å². The molecule has 0 atom stereocenters. The van der Waals surface area contributed by atoms with Crippen molar-refractivity contribution in [3.05, 3.63) is 42.2 Å². The molecule has 3 nitrogen and oxygen atoms in total. The minimum absolute atomic E-state index is 0.118. The highest BCUT2D eigenvalue weighted by atomic mass is 19.1. The Morgan fingerprint density at radius 3 is 2.11 bits per heavy atom. The summed E-state index contributed by atoms with van der Waals surface area (Å²) in [6.45, 7) is 0. The van der Waals surface area contributed by atoms with Gasteiger partial charge in [-0.25, -0.2) is 4.39 Å². The summed E-state index contributed by atoms with van der Waals surface area (Å²) >= 11 is 0. The molecule has 0 heterocycles. The number of anilines is 1. The fourth-order valence-electron chi connectivity index (χ4n) is 1.82. The van der Waals surface area contributed by atoms with Crippen molar-refractivity contribution in [3.63, 3.8) is 0 Å². The molecule has 0 aliphatic rings. The highest BCUT2D eigenvalue weighted by molar-refractivity contribution is 5.77. The number of benzene rings is 2. The fourth-order valence-corrected chi connectivity index (χ4v) is 1.82. The average molecular weight is 247 g/mol. The van der Waals surface area contributed by atoms with Gasteiger partial charge >= 0.3 is 0 Å². The van der Waals surface area contributed by atoms with Crippen LogP contribution in [0.25, 0.3) is 11.1 Å². The molecule has 94 valence electrons. The summed E-state index contributed by atoms with van der Waals surface area (Å²) in [7, 11) is 3.12. The van der Waals surface area contributed by atoms with E-state index in [2.05, 4.69) is 0 Å². The van der Waals surface area contributed by atoms with Crippen LogP contribution in [0.3, 0.4) is 0 Å². The zero-order valence-corrected chi connectivity index (χ0v) is 10.2. The first-order valence-corrected chi connectivity index (χ1v) is 5.43. The Kier molecular flexibility index (Phi) is 3.37. The van der Waals surface area contributed by atoms with Gasteiger partial charge in [0.25, 0.3) is 0 Å². The van der Waals surface area contributed by atoms with E-state index in [1.54, 1.807) is 32.4 Å². The van der Waals surface area contributed by atoms with E-state index in [-0.39, 0.29) is 5.69 Å². The number of methoxy groups -OCH3 is 2. The number of rotatable bonds is 3. The monoisotopic (exact) mass is 247 g/mol. The van der Waals surface area contributed by atoms with E-state index in [9.17, 15) is 4.39 Å². The molecule has 0 radical (unpaired) electrons. The summed E-state index contributed by atoms with van der Waals surface area (Å²) < 4.78 is 24.1. The van der Waals surface area contributed by atoms with Crippen LogP contribution in [0, 0.1) is 5.82 Å². The molecule has 0 aliphatic heterocycles. The molecule has 0 spiro atoms. The highest BCUT2D eigenvalue weighted by Gasteiger charge is 2.13. The van der Waals surface area contributed by atoms with Crippen LogP contribution in [-0.2, 0) is 0 Å². The molecular formula is C14H14FNO2. The molecule has 0 aliphatic carbocycles. The molecule has 2 rings (SSSR count). The third-order valence-electron chi connectivity index (χ3n) is 2.72. The molecular weight excluding hydrogens is 233 g/mol. The Morgan fingerprint density at radius 2 is 1.61 bits per heavy atom. The molecule has 0 unspecified atom stereocenters.